The van der Waals surface area contributed by atoms with Crippen molar-refractivity contribution in [3.05, 3.63) is 77.6 Å². The molecule has 4 aromatic rings. The molecule has 192 valence electrons. The molecule has 0 radical (unpaired) electrons. The van der Waals surface area contributed by atoms with Gasteiger partial charge in [0.15, 0.2) is 5.76 Å². The van der Waals surface area contributed by atoms with Crippen molar-refractivity contribution in [2.75, 3.05) is 4.90 Å². The normalized spacial score (nSPS) is 12.2. The molecule has 0 saturated carbocycles. The number of aromatic nitrogens is 4. The molecule has 10 nitrogen and oxygen atoms in total. The van der Waals surface area contributed by atoms with E-state index in [-0.39, 0.29) is 24.0 Å². The van der Waals surface area contributed by atoms with Crippen LogP contribution >= 0.6 is 0 Å². The molecule has 37 heavy (non-hydrogen) atoms. The fraction of sp³-hybridized carbons (Fsp3) is 0.296. The van der Waals surface area contributed by atoms with E-state index in [0.29, 0.717) is 22.8 Å². The average molecular weight is 503 g/mol. The number of aromatic hydroxyl groups is 1. The van der Waals surface area contributed by atoms with Crippen molar-refractivity contribution < 1.29 is 19.1 Å². The van der Waals surface area contributed by atoms with Gasteiger partial charge < -0.3 is 14.8 Å². The summed E-state index contributed by atoms with van der Waals surface area (Å²) in [4.78, 5) is 30.1. The Morgan fingerprint density at radius 3 is 2.30 bits per heavy atom. The van der Waals surface area contributed by atoms with Crippen LogP contribution in [0.5, 0.6) is 5.75 Å². The minimum absolute atomic E-state index is 0.0550. The number of rotatable bonds is 7. The standard InChI is InChI=1S/C27H30N6O4/c1-17-6-11-20(12-7-17)33(23(35)16-32-30-25(29-31-32)22-15-8-18(2)37-22)24(26(36)28-27(3,4)5)19-9-13-21(34)14-10-19/h6-15,24,34H,16H2,1-5H3,(H,28,36)/t24-/m1/s1. The van der Waals surface area contributed by atoms with E-state index in [4.69, 9.17) is 4.42 Å². The highest BCUT2D eigenvalue weighted by Gasteiger charge is 2.35. The van der Waals surface area contributed by atoms with Crippen LogP contribution in [0.4, 0.5) is 5.69 Å². The molecule has 2 aromatic carbocycles. The third-order valence-corrected chi connectivity index (χ3v) is 5.48. The Morgan fingerprint density at radius 1 is 1.03 bits per heavy atom. The van der Waals surface area contributed by atoms with Crippen molar-refractivity contribution in [1.82, 2.24) is 25.5 Å². The van der Waals surface area contributed by atoms with Crippen LogP contribution in [0.25, 0.3) is 11.6 Å². The highest BCUT2D eigenvalue weighted by atomic mass is 16.3. The number of phenolic OH excluding ortho intramolecular Hbond substituents is 1. The van der Waals surface area contributed by atoms with Crippen LogP contribution in [-0.4, -0.2) is 42.7 Å². The van der Waals surface area contributed by atoms with Crippen molar-refractivity contribution in [3.63, 3.8) is 0 Å². The second kappa shape index (κ2) is 10.3. The van der Waals surface area contributed by atoms with E-state index >= 15 is 0 Å². The molecule has 2 amide bonds. The number of nitrogens with zero attached hydrogens (tertiary/aromatic N) is 5. The molecule has 2 aromatic heterocycles. The van der Waals surface area contributed by atoms with E-state index in [1.165, 1.54) is 21.8 Å². The molecular formula is C27H30N6O4. The smallest absolute Gasteiger partial charge is 0.251 e. The van der Waals surface area contributed by atoms with Gasteiger partial charge in [-0.25, -0.2) is 0 Å². The van der Waals surface area contributed by atoms with E-state index in [2.05, 4.69) is 20.7 Å². The maximum Gasteiger partial charge on any atom is 0.251 e. The molecule has 10 heteroatoms. The topological polar surface area (TPSA) is 126 Å². The number of phenols is 1. The SMILES string of the molecule is Cc1ccc(N(C(=O)Cn2nnc(-c3ccc(C)o3)n2)[C@@H](C(=O)NC(C)(C)C)c2ccc(O)cc2)cc1. The number of anilines is 1. The number of aryl methyl sites for hydroxylation is 2. The van der Waals surface area contributed by atoms with Crippen LogP contribution in [0.3, 0.4) is 0 Å². The van der Waals surface area contributed by atoms with Crippen molar-refractivity contribution in [1.29, 1.82) is 0 Å². The predicted molar refractivity (Wildman–Crippen MR) is 138 cm³/mol. The van der Waals surface area contributed by atoms with Crippen LogP contribution in [-0.2, 0) is 16.1 Å². The summed E-state index contributed by atoms with van der Waals surface area (Å²) in [5, 5.41) is 25.1. The molecule has 0 aliphatic carbocycles. The lowest BCUT2D eigenvalue weighted by Crippen LogP contribution is -2.50. The predicted octanol–water partition coefficient (Wildman–Crippen LogP) is 3.94. The summed E-state index contributed by atoms with van der Waals surface area (Å²) in [7, 11) is 0. The van der Waals surface area contributed by atoms with Gasteiger partial charge in [0.2, 0.25) is 11.7 Å². The third kappa shape index (κ3) is 6.21. The molecule has 2 N–H and O–H groups in total. The molecule has 0 bridgehead atoms. The lowest BCUT2D eigenvalue weighted by atomic mass is 10.0. The lowest BCUT2D eigenvalue weighted by molar-refractivity contribution is -0.128. The summed E-state index contributed by atoms with van der Waals surface area (Å²) in [6.07, 6.45) is 0. The highest BCUT2D eigenvalue weighted by molar-refractivity contribution is 6.01. The van der Waals surface area contributed by atoms with Gasteiger partial charge in [-0.05, 0) is 81.8 Å². The number of carbonyl (C=O) groups is 2. The Labute approximate surface area is 214 Å². The van der Waals surface area contributed by atoms with Crippen molar-refractivity contribution >= 4 is 17.5 Å². The maximum absolute atomic E-state index is 13.8. The minimum Gasteiger partial charge on any atom is -0.508 e. The maximum atomic E-state index is 13.8. The summed E-state index contributed by atoms with van der Waals surface area (Å²) in [6, 6.07) is 16.0. The second-order valence-corrected chi connectivity index (χ2v) is 9.89. The number of carbonyl (C=O) groups excluding carboxylic acids is 2. The van der Waals surface area contributed by atoms with Crippen molar-refractivity contribution in [2.45, 2.75) is 52.7 Å². The van der Waals surface area contributed by atoms with Crippen molar-refractivity contribution in [3.8, 4) is 17.3 Å². The first-order valence-corrected chi connectivity index (χ1v) is 11.8. The molecule has 0 spiro atoms. The largest absolute Gasteiger partial charge is 0.508 e. The van der Waals surface area contributed by atoms with E-state index in [1.807, 2.05) is 46.8 Å². The number of hydrogen-bond donors (Lipinski definition) is 2. The Morgan fingerprint density at radius 2 is 1.70 bits per heavy atom. The number of amides is 2. The molecule has 0 saturated heterocycles. The van der Waals surface area contributed by atoms with Crippen LogP contribution in [0.2, 0.25) is 0 Å². The van der Waals surface area contributed by atoms with Gasteiger partial charge in [0.25, 0.3) is 5.91 Å². The summed E-state index contributed by atoms with van der Waals surface area (Å²) in [6.45, 7) is 9.09. The third-order valence-electron chi connectivity index (χ3n) is 5.48. The molecule has 0 unspecified atom stereocenters. The zero-order chi connectivity index (χ0) is 26.7. The lowest BCUT2D eigenvalue weighted by Gasteiger charge is -2.33. The first-order chi connectivity index (χ1) is 17.5. The van der Waals surface area contributed by atoms with Gasteiger partial charge in [-0.15, -0.1) is 10.2 Å². The van der Waals surface area contributed by atoms with Gasteiger partial charge in [0, 0.05) is 11.2 Å². The molecule has 0 aliphatic heterocycles. The van der Waals surface area contributed by atoms with E-state index in [0.717, 1.165) is 5.56 Å². The highest BCUT2D eigenvalue weighted by Crippen LogP contribution is 2.30. The fourth-order valence-corrected chi connectivity index (χ4v) is 3.82. The quantitative estimate of drug-likeness (QED) is 0.392. The van der Waals surface area contributed by atoms with E-state index < -0.39 is 17.5 Å². The van der Waals surface area contributed by atoms with Crippen LogP contribution in [0.15, 0.2) is 65.1 Å². The Bertz CT molecular complexity index is 1380. The van der Waals surface area contributed by atoms with E-state index in [1.54, 1.807) is 36.4 Å². The molecule has 0 fully saturated rings. The monoisotopic (exact) mass is 502 g/mol. The number of tetrazole rings is 1. The van der Waals surface area contributed by atoms with Crippen LogP contribution in [0, 0.1) is 13.8 Å². The van der Waals surface area contributed by atoms with Gasteiger partial charge in [-0.1, -0.05) is 29.8 Å². The van der Waals surface area contributed by atoms with Gasteiger partial charge in [-0.2, -0.15) is 4.80 Å². The van der Waals surface area contributed by atoms with Crippen molar-refractivity contribution in [2.24, 2.45) is 0 Å². The number of benzene rings is 2. The Hall–Kier alpha value is -4.47. The summed E-state index contributed by atoms with van der Waals surface area (Å²) in [5.74, 6) is 0.659. The van der Waals surface area contributed by atoms with Gasteiger partial charge >= 0.3 is 0 Å². The zero-order valence-electron chi connectivity index (χ0n) is 21.5. The molecule has 4 rings (SSSR count). The second-order valence-electron chi connectivity index (χ2n) is 9.89. The Kier molecular flexibility index (Phi) is 7.10. The molecule has 1 atom stereocenters. The summed E-state index contributed by atoms with van der Waals surface area (Å²) >= 11 is 0. The molecule has 0 aliphatic rings. The zero-order valence-corrected chi connectivity index (χ0v) is 21.5. The first kappa shape index (κ1) is 25.6. The van der Waals surface area contributed by atoms with E-state index in [9.17, 15) is 14.7 Å². The number of nitrogens with one attached hydrogen (secondary N) is 1. The van der Waals surface area contributed by atoms with Gasteiger partial charge in [0.1, 0.15) is 24.1 Å². The molecule has 2 heterocycles. The Balaban J connectivity index is 1.74. The average Bonchev–Trinajstić information content (AvgIpc) is 3.46. The fourth-order valence-electron chi connectivity index (χ4n) is 3.82. The molecular weight excluding hydrogens is 472 g/mol. The first-order valence-electron chi connectivity index (χ1n) is 11.8. The summed E-state index contributed by atoms with van der Waals surface area (Å²) in [5.41, 5.74) is 1.52. The number of hydrogen-bond acceptors (Lipinski definition) is 7. The van der Waals surface area contributed by atoms with Crippen LogP contribution < -0.4 is 10.2 Å². The van der Waals surface area contributed by atoms with Gasteiger partial charge in [0.05, 0.1) is 0 Å². The minimum atomic E-state index is -1.02. The number of furan rings is 1. The van der Waals surface area contributed by atoms with Crippen LogP contribution in [0.1, 0.15) is 43.7 Å². The summed E-state index contributed by atoms with van der Waals surface area (Å²) < 4.78 is 5.55. The van der Waals surface area contributed by atoms with Gasteiger partial charge in [-0.3, -0.25) is 14.5 Å².